The lowest BCUT2D eigenvalue weighted by molar-refractivity contribution is -0.384. The summed E-state index contributed by atoms with van der Waals surface area (Å²) in [5, 5.41) is 17.6. The zero-order valence-corrected chi connectivity index (χ0v) is 14.7. The maximum Gasteiger partial charge on any atom is 0.269 e. The van der Waals surface area contributed by atoms with E-state index in [-0.39, 0.29) is 10.6 Å². The zero-order chi connectivity index (χ0) is 18.2. The second-order valence-electron chi connectivity index (χ2n) is 6.55. The van der Waals surface area contributed by atoms with E-state index in [2.05, 4.69) is 22.8 Å². The predicted molar refractivity (Wildman–Crippen MR) is 103 cm³/mol. The van der Waals surface area contributed by atoms with Crippen LogP contribution in [0.4, 0.5) is 5.69 Å². The van der Waals surface area contributed by atoms with Gasteiger partial charge in [0.25, 0.3) is 5.69 Å². The molecule has 1 aliphatic carbocycles. The topological polar surface area (TPSA) is 79.6 Å². The molecule has 26 heavy (non-hydrogen) atoms. The summed E-state index contributed by atoms with van der Waals surface area (Å²) in [6.45, 7) is 1.19. The van der Waals surface area contributed by atoms with Crippen LogP contribution in [0.15, 0.2) is 59.6 Å². The van der Waals surface area contributed by atoms with Gasteiger partial charge in [0.1, 0.15) is 0 Å². The molecule has 136 valence electrons. The molecular weight excluding hydrogens is 328 g/mol. The molecule has 0 atom stereocenters. The Balaban J connectivity index is 1.63. The Kier molecular flexibility index (Phi) is 6.19. The van der Waals surface area contributed by atoms with Crippen molar-refractivity contribution in [2.24, 2.45) is 4.99 Å². The van der Waals surface area contributed by atoms with Crippen LogP contribution in [0.2, 0.25) is 0 Å². The minimum Gasteiger partial charge on any atom is -0.354 e. The number of non-ortho nitro benzene ring substituents is 1. The molecule has 0 radical (unpaired) electrons. The van der Waals surface area contributed by atoms with Gasteiger partial charge in [-0.1, -0.05) is 55.3 Å². The summed E-state index contributed by atoms with van der Waals surface area (Å²) in [7, 11) is 0. The van der Waals surface area contributed by atoms with Crippen LogP contribution < -0.4 is 10.6 Å². The quantitative estimate of drug-likeness (QED) is 0.359. The number of nitro benzene ring substituents is 1. The molecule has 0 aromatic heterocycles. The van der Waals surface area contributed by atoms with E-state index < -0.39 is 0 Å². The second kappa shape index (κ2) is 8.99. The summed E-state index contributed by atoms with van der Waals surface area (Å²) in [6.07, 6.45) is 4.85. The molecule has 1 fully saturated rings. The third kappa shape index (κ3) is 5.31. The predicted octanol–water partition coefficient (Wildman–Crippen LogP) is 3.77. The highest BCUT2D eigenvalue weighted by Gasteiger charge is 2.16. The van der Waals surface area contributed by atoms with Crippen molar-refractivity contribution >= 4 is 11.6 Å². The molecule has 0 saturated heterocycles. The zero-order valence-electron chi connectivity index (χ0n) is 14.7. The molecule has 1 aliphatic rings. The Bertz CT molecular complexity index is 738. The lowest BCUT2D eigenvalue weighted by atomic mass is 10.2. The summed E-state index contributed by atoms with van der Waals surface area (Å²) in [4.78, 5) is 15.1. The Labute approximate surface area is 153 Å². The number of aliphatic imine (C=N–C) groups is 1. The first-order chi connectivity index (χ1) is 12.7. The summed E-state index contributed by atoms with van der Waals surface area (Å²) in [6, 6.07) is 17.2. The number of rotatable bonds is 6. The number of benzene rings is 2. The van der Waals surface area contributed by atoms with Crippen LogP contribution in [-0.2, 0) is 13.1 Å². The molecular formula is C20H24N4O2. The highest BCUT2D eigenvalue weighted by molar-refractivity contribution is 5.80. The number of hydrogen-bond acceptors (Lipinski definition) is 3. The van der Waals surface area contributed by atoms with E-state index >= 15 is 0 Å². The molecule has 2 aromatic rings. The highest BCUT2D eigenvalue weighted by atomic mass is 16.6. The first kappa shape index (κ1) is 17.9. The van der Waals surface area contributed by atoms with Crippen LogP contribution in [0, 0.1) is 10.1 Å². The second-order valence-corrected chi connectivity index (χ2v) is 6.55. The maximum atomic E-state index is 10.8. The van der Waals surface area contributed by atoms with Crippen LogP contribution in [-0.4, -0.2) is 16.9 Å². The van der Waals surface area contributed by atoms with E-state index in [9.17, 15) is 10.1 Å². The van der Waals surface area contributed by atoms with E-state index in [1.807, 2.05) is 18.2 Å². The van der Waals surface area contributed by atoms with Crippen molar-refractivity contribution in [1.82, 2.24) is 10.6 Å². The number of hydrogen-bond donors (Lipinski definition) is 2. The molecule has 6 heteroatoms. The molecule has 0 heterocycles. The fourth-order valence-corrected chi connectivity index (χ4v) is 3.09. The fourth-order valence-electron chi connectivity index (χ4n) is 3.09. The molecule has 1 saturated carbocycles. The Hall–Kier alpha value is -2.89. The van der Waals surface area contributed by atoms with Gasteiger partial charge in [0.05, 0.1) is 11.5 Å². The van der Waals surface area contributed by atoms with Crippen molar-refractivity contribution < 1.29 is 4.92 Å². The lowest BCUT2D eigenvalue weighted by Gasteiger charge is -2.17. The van der Waals surface area contributed by atoms with Gasteiger partial charge in [0.15, 0.2) is 5.96 Å². The Morgan fingerprint density at radius 3 is 2.38 bits per heavy atom. The van der Waals surface area contributed by atoms with Crippen molar-refractivity contribution in [3.05, 3.63) is 75.8 Å². The van der Waals surface area contributed by atoms with Gasteiger partial charge < -0.3 is 10.6 Å². The van der Waals surface area contributed by atoms with E-state index in [0.29, 0.717) is 19.1 Å². The molecule has 0 unspecified atom stereocenters. The molecule has 6 nitrogen and oxygen atoms in total. The van der Waals surface area contributed by atoms with Crippen LogP contribution >= 0.6 is 0 Å². The van der Waals surface area contributed by atoms with Crippen LogP contribution in [0.3, 0.4) is 0 Å². The van der Waals surface area contributed by atoms with E-state index in [0.717, 1.165) is 17.1 Å². The minimum atomic E-state index is -0.383. The monoisotopic (exact) mass is 352 g/mol. The van der Waals surface area contributed by atoms with Crippen molar-refractivity contribution in [2.45, 2.75) is 44.8 Å². The third-order valence-electron chi connectivity index (χ3n) is 4.57. The average molecular weight is 352 g/mol. The normalized spacial score (nSPS) is 15.0. The summed E-state index contributed by atoms with van der Waals surface area (Å²) >= 11 is 0. The van der Waals surface area contributed by atoms with Crippen LogP contribution in [0.25, 0.3) is 0 Å². The number of nitrogens with one attached hydrogen (secondary N) is 2. The molecule has 3 rings (SSSR count). The van der Waals surface area contributed by atoms with E-state index in [1.165, 1.54) is 37.8 Å². The number of nitrogens with zero attached hydrogens (tertiary/aromatic N) is 2. The molecule has 0 spiro atoms. The van der Waals surface area contributed by atoms with Gasteiger partial charge in [-0.3, -0.25) is 10.1 Å². The van der Waals surface area contributed by atoms with Gasteiger partial charge in [-0.25, -0.2) is 4.99 Å². The number of guanidine groups is 1. The summed E-state index contributed by atoms with van der Waals surface area (Å²) in [5.41, 5.74) is 2.25. The largest absolute Gasteiger partial charge is 0.354 e. The highest BCUT2D eigenvalue weighted by Crippen LogP contribution is 2.17. The van der Waals surface area contributed by atoms with E-state index in [4.69, 9.17) is 4.99 Å². The maximum absolute atomic E-state index is 10.8. The third-order valence-corrected chi connectivity index (χ3v) is 4.57. The van der Waals surface area contributed by atoms with Gasteiger partial charge in [-0.05, 0) is 24.0 Å². The smallest absolute Gasteiger partial charge is 0.269 e. The van der Waals surface area contributed by atoms with Crippen molar-refractivity contribution in [3.63, 3.8) is 0 Å². The number of nitro groups is 1. The Morgan fingerprint density at radius 2 is 1.73 bits per heavy atom. The minimum absolute atomic E-state index is 0.107. The molecule has 2 N–H and O–H groups in total. The van der Waals surface area contributed by atoms with Gasteiger partial charge in [0, 0.05) is 24.7 Å². The van der Waals surface area contributed by atoms with Gasteiger partial charge in [0.2, 0.25) is 0 Å². The summed E-state index contributed by atoms with van der Waals surface area (Å²) in [5.74, 6) is 0.791. The standard InChI is InChI=1S/C20H24N4O2/c25-24(26)19-12-10-17(11-13-19)15-22-20(23-18-8-4-5-9-18)21-14-16-6-2-1-3-7-16/h1-3,6-7,10-13,18H,4-5,8-9,14-15H2,(H2,21,22,23). The van der Waals surface area contributed by atoms with Gasteiger partial charge in [-0.2, -0.15) is 0 Å². The van der Waals surface area contributed by atoms with Gasteiger partial charge in [-0.15, -0.1) is 0 Å². The van der Waals surface area contributed by atoms with Crippen molar-refractivity contribution in [2.75, 3.05) is 0 Å². The van der Waals surface area contributed by atoms with Gasteiger partial charge >= 0.3 is 0 Å². The SMILES string of the molecule is O=[N+]([O-])c1ccc(CNC(=NCc2ccccc2)NC2CCCC2)cc1. The average Bonchev–Trinajstić information content (AvgIpc) is 3.18. The first-order valence-corrected chi connectivity index (χ1v) is 9.03. The molecule has 0 amide bonds. The van der Waals surface area contributed by atoms with Crippen molar-refractivity contribution in [1.29, 1.82) is 0 Å². The first-order valence-electron chi connectivity index (χ1n) is 9.03. The van der Waals surface area contributed by atoms with Crippen LogP contribution in [0.1, 0.15) is 36.8 Å². The lowest BCUT2D eigenvalue weighted by Crippen LogP contribution is -2.42. The molecule has 0 aliphatic heterocycles. The summed E-state index contributed by atoms with van der Waals surface area (Å²) < 4.78 is 0. The Morgan fingerprint density at radius 1 is 1.04 bits per heavy atom. The van der Waals surface area contributed by atoms with Crippen molar-refractivity contribution in [3.8, 4) is 0 Å². The molecule has 0 bridgehead atoms. The molecule has 2 aromatic carbocycles. The van der Waals surface area contributed by atoms with E-state index in [1.54, 1.807) is 12.1 Å². The van der Waals surface area contributed by atoms with Crippen LogP contribution in [0.5, 0.6) is 0 Å². The fraction of sp³-hybridized carbons (Fsp3) is 0.350.